The predicted molar refractivity (Wildman–Crippen MR) is 160 cm³/mol. The first-order valence-corrected chi connectivity index (χ1v) is 13.6. The monoisotopic (exact) mass is 562 g/mol. The Morgan fingerprint density at radius 1 is 1.02 bits per heavy atom. The number of anilines is 1. The molecule has 0 spiro atoms. The predicted octanol–water partition coefficient (Wildman–Crippen LogP) is 7.01. The van der Waals surface area contributed by atoms with Gasteiger partial charge < -0.3 is 19.7 Å². The minimum Gasteiger partial charge on any atom is -0.497 e. The zero-order valence-corrected chi connectivity index (χ0v) is 24.5. The van der Waals surface area contributed by atoms with Crippen molar-refractivity contribution in [1.29, 1.82) is 0 Å². The summed E-state index contributed by atoms with van der Waals surface area (Å²) in [5.41, 5.74) is 2.49. The van der Waals surface area contributed by atoms with E-state index in [0.29, 0.717) is 57.1 Å². The Kier molecular flexibility index (Phi) is 9.00. The van der Waals surface area contributed by atoms with E-state index in [0.717, 1.165) is 12.0 Å². The Hall–Kier alpha value is -4.04. The van der Waals surface area contributed by atoms with Crippen molar-refractivity contribution < 1.29 is 14.3 Å². The van der Waals surface area contributed by atoms with Gasteiger partial charge in [0, 0.05) is 17.6 Å². The van der Waals surface area contributed by atoms with E-state index in [1.807, 2.05) is 38.1 Å². The van der Waals surface area contributed by atoms with E-state index in [4.69, 9.17) is 26.1 Å². The molecule has 1 N–H and O–H groups in total. The smallest absolute Gasteiger partial charge is 0.322 e. The molecule has 1 atom stereocenters. The van der Waals surface area contributed by atoms with E-state index in [-0.39, 0.29) is 11.6 Å². The first-order chi connectivity index (χ1) is 19.1. The summed E-state index contributed by atoms with van der Waals surface area (Å²) in [6, 6.07) is 17.0. The van der Waals surface area contributed by atoms with Gasteiger partial charge in [0.25, 0.3) is 5.56 Å². The molecule has 1 aromatic heterocycles. The second-order valence-corrected chi connectivity index (χ2v) is 10.6. The summed E-state index contributed by atoms with van der Waals surface area (Å²) in [7, 11) is 3.10. The molecule has 0 aliphatic heterocycles. The third kappa shape index (κ3) is 6.23. The standard InChI is InChI=1S/C31H35ClN4O4/c1-19(2)15-16-35(31(38)34-26-14-12-24(39-5)18-28(26)40-6)21(4)29-33-27-17-22(32)9-13-25(27)30(37)36(29)23-10-7-20(3)8-11-23/h7-14,17-19,21H,15-16H2,1-6H3,(H,34,38). The van der Waals surface area contributed by atoms with Crippen LogP contribution in [-0.4, -0.2) is 41.2 Å². The van der Waals surface area contributed by atoms with Gasteiger partial charge >= 0.3 is 6.03 Å². The van der Waals surface area contributed by atoms with Gasteiger partial charge in [0.05, 0.1) is 42.5 Å². The molecule has 2 amide bonds. The number of carbonyl (C=O) groups is 1. The molecule has 0 saturated heterocycles. The van der Waals surface area contributed by atoms with Crippen molar-refractivity contribution in [3.05, 3.63) is 87.4 Å². The van der Waals surface area contributed by atoms with Crippen LogP contribution in [0.15, 0.2) is 65.5 Å². The van der Waals surface area contributed by atoms with Crippen molar-refractivity contribution in [2.45, 2.75) is 40.2 Å². The van der Waals surface area contributed by atoms with Crippen LogP contribution in [0.1, 0.15) is 44.6 Å². The van der Waals surface area contributed by atoms with E-state index < -0.39 is 6.04 Å². The quantitative estimate of drug-likeness (QED) is 0.237. The van der Waals surface area contributed by atoms with Gasteiger partial charge in [0.1, 0.15) is 17.3 Å². The second-order valence-electron chi connectivity index (χ2n) is 10.2. The molecule has 3 aromatic carbocycles. The second kappa shape index (κ2) is 12.4. The van der Waals surface area contributed by atoms with Crippen LogP contribution in [0.4, 0.5) is 10.5 Å². The minimum atomic E-state index is -0.569. The highest BCUT2D eigenvalue weighted by Crippen LogP contribution is 2.31. The molecule has 0 fully saturated rings. The molecule has 4 rings (SSSR count). The topological polar surface area (TPSA) is 85.7 Å². The number of methoxy groups -OCH3 is 2. The maximum Gasteiger partial charge on any atom is 0.322 e. The van der Waals surface area contributed by atoms with Gasteiger partial charge in [-0.3, -0.25) is 9.36 Å². The Bertz CT molecular complexity index is 1570. The van der Waals surface area contributed by atoms with Crippen LogP contribution < -0.4 is 20.3 Å². The number of urea groups is 1. The Morgan fingerprint density at radius 2 is 1.75 bits per heavy atom. The number of rotatable bonds is 9. The Labute approximate surface area is 239 Å². The molecule has 8 nitrogen and oxygen atoms in total. The van der Waals surface area contributed by atoms with Crippen molar-refractivity contribution in [3.63, 3.8) is 0 Å². The Morgan fingerprint density at radius 3 is 2.40 bits per heavy atom. The highest BCUT2D eigenvalue weighted by Gasteiger charge is 2.28. The van der Waals surface area contributed by atoms with Crippen molar-refractivity contribution in [3.8, 4) is 17.2 Å². The minimum absolute atomic E-state index is 0.228. The van der Waals surface area contributed by atoms with Crippen LogP contribution in [0, 0.1) is 12.8 Å². The molecule has 210 valence electrons. The molecular formula is C31H35ClN4O4. The number of fused-ring (bicyclic) bond motifs is 1. The lowest BCUT2D eigenvalue weighted by Gasteiger charge is -2.31. The summed E-state index contributed by atoms with van der Waals surface area (Å²) in [4.78, 5) is 34.3. The number of hydrogen-bond acceptors (Lipinski definition) is 5. The molecule has 0 aliphatic rings. The molecular weight excluding hydrogens is 528 g/mol. The van der Waals surface area contributed by atoms with E-state index in [9.17, 15) is 9.59 Å². The zero-order valence-electron chi connectivity index (χ0n) is 23.7. The summed E-state index contributed by atoms with van der Waals surface area (Å²) in [6.45, 7) is 8.52. The van der Waals surface area contributed by atoms with Gasteiger partial charge in [0.2, 0.25) is 0 Å². The normalized spacial score (nSPS) is 11.9. The Balaban J connectivity index is 1.83. The highest BCUT2D eigenvalue weighted by molar-refractivity contribution is 6.31. The number of aromatic nitrogens is 2. The van der Waals surface area contributed by atoms with Gasteiger partial charge in [-0.25, -0.2) is 9.78 Å². The number of nitrogens with zero attached hydrogens (tertiary/aromatic N) is 3. The van der Waals surface area contributed by atoms with Crippen molar-refractivity contribution in [2.24, 2.45) is 5.92 Å². The number of amides is 2. The molecule has 40 heavy (non-hydrogen) atoms. The summed E-state index contributed by atoms with van der Waals surface area (Å²) in [5.74, 6) is 1.87. The van der Waals surface area contributed by atoms with Crippen LogP contribution in [0.3, 0.4) is 0 Å². The first-order valence-electron chi connectivity index (χ1n) is 13.2. The number of aryl methyl sites for hydroxylation is 1. The van der Waals surface area contributed by atoms with Gasteiger partial charge in [-0.1, -0.05) is 43.1 Å². The molecule has 0 aliphatic carbocycles. The van der Waals surface area contributed by atoms with Crippen molar-refractivity contribution in [1.82, 2.24) is 14.5 Å². The maximum absolute atomic E-state index is 13.9. The number of ether oxygens (including phenoxy) is 2. The number of hydrogen-bond donors (Lipinski definition) is 1. The molecule has 4 aromatic rings. The number of halogens is 1. The third-order valence-corrected chi connectivity index (χ3v) is 7.08. The summed E-state index contributed by atoms with van der Waals surface area (Å²) >= 11 is 6.27. The SMILES string of the molecule is COc1ccc(NC(=O)N(CCC(C)C)C(C)c2nc3cc(Cl)ccc3c(=O)n2-c2ccc(C)cc2)c(OC)c1. The van der Waals surface area contributed by atoms with Crippen molar-refractivity contribution in [2.75, 3.05) is 26.1 Å². The van der Waals surface area contributed by atoms with Gasteiger partial charge in [0.15, 0.2) is 0 Å². The first kappa shape index (κ1) is 29.0. The van der Waals surface area contributed by atoms with Gasteiger partial charge in [-0.2, -0.15) is 0 Å². The number of benzene rings is 3. The summed E-state index contributed by atoms with van der Waals surface area (Å²) in [5, 5.41) is 3.91. The van der Waals surface area contributed by atoms with E-state index in [2.05, 4.69) is 19.2 Å². The molecule has 0 saturated carbocycles. The fourth-order valence-corrected chi connectivity index (χ4v) is 4.66. The number of nitrogens with one attached hydrogen (secondary N) is 1. The zero-order chi connectivity index (χ0) is 29.0. The number of carbonyl (C=O) groups excluding carboxylic acids is 1. The molecule has 1 heterocycles. The highest BCUT2D eigenvalue weighted by atomic mass is 35.5. The fourth-order valence-electron chi connectivity index (χ4n) is 4.50. The molecule has 0 bridgehead atoms. The van der Waals surface area contributed by atoms with E-state index in [1.165, 1.54) is 7.11 Å². The van der Waals surface area contributed by atoms with Crippen LogP contribution in [0.2, 0.25) is 5.02 Å². The molecule has 1 unspecified atom stereocenters. The van der Waals surface area contributed by atoms with Gasteiger partial charge in [-0.05, 0) is 68.7 Å². The summed E-state index contributed by atoms with van der Waals surface area (Å²) < 4.78 is 12.4. The van der Waals surface area contributed by atoms with Crippen LogP contribution in [0.25, 0.3) is 16.6 Å². The lowest BCUT2D eigenvalue weighted by Crippen LogP contribution is -2.40. The lowest BCUT2D eigenvalue weighted by atomic mass is 10.1. The average Bonchev–Trinajstić information content (AvgIpc) is 2.93. The van der Waals surface area contributed by atoms with Crippen LogP contribution in [0.5, 0.6) is 11.5 Å². The van der Waals surface area contributed by atoms with E-state index in [1.54, 1.807) is 53.0 Å². The lowest BCUT2D eigenvalue weighted by molar-refractivity contribution is 0.185. The van der Waals surface area contributed by atoms with Crippen LogP contribution >= 0.6 is 11.6 Å². The van der Waals surface area contributed by atoms with Gasteiger partial charge in [-0.15, -0.1) is 0 Å². The third-order valence-electron chi connectivity index (χ3n) is 6.85. The summed E-state index contributed by atoms with van der Waals surface area (Å²) in [6.07, 6.45) is 0.756. The van der Waals surface area contributed by atoms with Crippen LogP contribution in [-0.2, 0) is 0 Å². The molecule has 9 heteroatoms. The van der Waals surface area contributed by atoms with E-state index >= 15 is 0 Å². The van der Waals surface area contributed by atoms with Crippen molar-refractivity contribution >= 4 is 34.2 Å². The molecule has 0 radical (unpaired) electrons. The maximum atomic E-state index is 13.9. The largest absolute Gasteiger partial charge is 0.497 e. The fraction of sp³-hybridized carbons (Fsp3) is 0.323. The average molecular weight is 563 g/mol.